The van der Waals surface area contributed by atoms with Gasteiger partial charge < -0.3 is 4.74 Å². The first-order chi connectivity index (χ1) is 12.1. The molecule has 0 saturated heterocycles. The average Bonchev–Trinajstić information content (AvgIpc) is 3.05. The fraction of sp³-hybridized carbons (Fsp3) is 0.176. The number of aromatic nitrogens is 4. The molecule has 25 heavy (non-hydrogen) atoms. The van der Waals surface area contributed by atoms with Crippen molar-refractivity contribution in [2.24, 2.45) is 0 Å². The Balaban J connectivity index is 2.10. The molecule has 0 unspecified atom stereocenters. The quantitative estimate of drug-likeness (QED) is 0.501. The van der Waals surface area contributed by atoms with Crippen molar-refractivity contribution in [3.8, 4) is 17.1 Å². The van der Waals surface area contributed by atoms with Gasteiger partial charge in [0.2, 0.25) is 0 Å². The number of benzene rings is 1. The van der Waals surface area contributed by atoms with Crippen molar-refractivity contribution < 1.29 is 9.53 Å². The van der Waals surface area contributed by atoms with Crippen LogP contribution in [0.2, 0.25) is 5.02 Å². The highest BCUT2D eigenvalue weighted by Crippen LogP contribution is 2.30. The Morgan fingerprint density at radius 3 is 2.80 bits per heavy atom. The minimum Gasteiger partial charge on any atom is -0.468 e. The van der Waals surface area contributed by atoms with Gasteiger partial charge in [0.1, 0.15) is 5.25 Å². The van der Waals surface area contributed by atoms with Gasteiger partial charge in [0.05, 0.1) is 12.8 Å². The van der Waals surface area contributed by atoms with Crippen LogP contribution in [0, 0.1) is 0 Å². The van der Waals surface area contributed by atoms with E-state index in [1.165, 1.54) is 18.9 Å². The second-order valence-electron chi connectivity index (χ2n) is 5.15. The minimum absolute atomic E-state index is 0.325. The van der Waals surface area contributed by atoms with E-state index in [4.69, 9.17) is 16.3 Å². The second-order valence-corrected chi connectivity index (χ2v) is 6.89. The molecule has 0 aliphatic heterocycles. The minimum atomic E-state index is -0.422. The van der Waals surface area contributed by atoms with E-state index in [1.807, 2.05) is 34.9 Å². The first-order valence-electron chi connectivity index (χ1n) is 7.46. The summed E-state index contributed by atoms with van der Waals surface area (Å²) in [7, 11) is 1.36. The number of ether oxygens (including phenoxy) is 1. The first kappa shape index (κ1) is 17.4. The molecule has 0 spiro atoms. The van der Waals surface area contributed by atoms with Crippen LogP contribution in [0.25, 0.3) is 17.1 Å². The number of hydrogen-bond donors (Lipinski definition) is 0. The van der Waals surface area contributed by atoms with E-state index in [0.29, 0.717) is 16.0 Å². The third-order valence-corrected chi connectivity index (χ3v) is 4.69. The zero-order valence-electron chi connectivity index (χ0n) is 13.6. The molecule has 0 aliphatic carbocycles. The fourth-order valence-corrected chi connectivity index (χ4v) is 3.33. The topological polar surface area (TPSA) is 69.9 Å². The number of thioether (sulfide) groups is 1. The van der Waals surface area contributed by atoms with Crippen molar-refractivity contribution in [2.75, 3.05) is 7.11 Å². The molecule has 3 aromatic rings. The first-order valence-corrected chi connectivity index (χ1v) is 8.72. The van der Waals surface area contributed by atoms with E-state index in [9.17, 15) is 4.79 Å². The van der Waals surface area contributed by atoms with Gasteiger partial charge in [-0.1, -0.05) is 29.4 Å². The zero-order chi connectivity index (χ0) is 17.8. The molecule has 2 heterocycles. The highest BCUT2D eigenvalue weighted by Gasteiger charge is 2.22. The van der Waals surface area contributed by atoms with Gasteiger partial charge in [-0.2, -0.15) is 0 Å². The summed E-state index contributed by atoms with van der Waals surface area (Å²) in [4.78, 5) is 15.9. The highest BCUT2D eigenvalue weighted by atomic mass is 35.5. The van der Waals surface area contributed by atoms with Gasteiger partial charge in [-0.05, 0) is 37.3 Å². The number of hydrogen-bond acceptors (Lipinski definition) is 6. The molecule has 0 bridgehead atoms. The number of rotatable bonds is 5. The van der Waals surface area contributed by atoms with E-state index >= 15 is 0 Å². The van der Waals surface area contributed by atoms with Crippen LogP contribution >= 0.6 is 23.4 Å². The Kier molecular flexibility index (Phi) is 5.35. The van der Waals surface area contributed by atoms with Crippen LogP contribution in [0.1, 0.15) is 6.92 Å². The summed E-state index contributed by atoms with van der Waals surface area (Å²) in [6.07, 6.45) is 3.40. The molecule has 0 aliphatic rings. The number of nitrogens with zero attached hydrogens (tertiary/aromatic N) is 4. The number of pyridine rings is 1. The number of methoxy groups -OCH3 is 1. The molecule has 8 heteroatoms. The lowest BCUT2D eigenvalue weighted by Crippen LogP contribution is -2.15. The van der Waals surface area contributed by atoms with E-state index in [0.717, 1.165) is 11.3 Å². The molecule has 0 radical (unpaired) electrons. The van der Waals surface area contributed by atoms with Crippen molar-refractivity contribution in [1.29, 1.82) is 0 Å². The van der Waals surface area contributed by atoms with Gasteiger partial charge in [0.15, 0.2) is 11.0 Å². The molecule has 6 nitrogen and oxygen atoms in total. The normalized spacial score (nSPS) is 12.0. The molecule has 1 aromatic carbocycles. The largest absolute Gasteiger partial charge is 0.468 e. The Morgan fingerprint density at radius 1 is 1.28 bits per heavy atom. The van der Waals surface area contributed by atoms with Crippen molar-refractivity contribution in [2.45, 2.75) is 17.3 Å². The summed E-state index contributed by atoms with van der Waals surface area (Å²) < 4.78 is 6.65. The lowest BCUT2D eigenvalue weighted by Gasteiger charge is -2.12. The van der Waals surface area contributed by atoms with Gasteiger partial charge in [0, 0.05) is 23.0 Å². The van der Waals surface area contributed by atoms with Gasteiger partial charge in [-0.15, -0.1) is 10.2 Å². The van der Waals surface area contributed by atoms with Crippen LogP contribution < -0.4 is 0 Å². The number of carbonyl (C=O) groups excluding carboxylic acids is 1. The van der Waals surface area contributed by atoms with E-state index in [-0.39, 0.29) is 5.97 Å². The SMILES string of the molecule is COC(=O)[C@H](C)Sc1nnc(-c2cccnc2)n1-c1cccc(Cl)c1. The molecule has 3 rings (SSSR count). The van der Waals surface area contributed by atoms with Gasteiger partial charge in [0.25, 0.3) is 0 Å². The standard InChI is InChI=1S/C17H15ClN4O2S/c1-11(16(23)24-2)25-17-21-20-15(12-5-4-8-19-10-12)22(17)14-7-3-6-13(18)9-14/h3-11H,1-2H3/t11-/m0/s1. The Bertz CT molecular complexity index is 885. The maximum absolute atomic E-state index is 11.8. The predicted octanol–water partition coefficient (Wildman–Crippen LogP) is 3.64. The van der Waals surface area contributed by atoms with Gasteiger partial charge >= 0.3 is 5.97 Å². The molecular formula is C17H15ClN4O2S. The summed E-state index contributed by atoms with van der Waals surface area (Å²) >= 11 is 7.41. The monoisotopic (exact) mass is 374 g/mol. The predicted molar refractivity (Wildman–Crippen MR) is 96.9 cm³/mol. The van der Waals surface area contributed by atoms with E-state index < -0.39 is 5.25 Å². The van der Waals surface area contributed by atoms with Crippen LogP contribution in [0.3, 0.4) is 0 Å². The summed E-state index contributed by atoms with van der Waals surface area (Å²) in [6, 6.07) is 11.1. The maximum Gasteiger partial charge on any atom is 0.318 e. The maximum atomic E-state index is 11.8. The molecule has 0 fully saturated rings. The van der Waals surface area contributed by atoms with Gasteiger partial charge in [-0.3, -0.25) is 14.3 Å². The average molecular weight is 375 g/mol. The molecular weight excluding hydrogens is 360 g/mol. The third kappa shape index (κ3) is 3.83. The molecule has 0 amide bonds. The molecule has 128 valence electrons. The van der Waals surface area contributed by atoms with Crippen molar-refractivity contribution in [1.82, 2.24) is 19.7 Å². The van der Waals surface area contributed by atoms with Crippen LogP contribution in [0.15, 0.2) is 53.9 Å². The lowest BCUT2D eigenvalue weighted by molar-refractivity contribution is -0.139. The number of carbonyl (C=O) groups is 1. The molecule has 0 N–H and O–H groups in total. The van der Waals surface area contributed by atoms with Crippen LogP contribution in [0.5, 0.6) is 0 Å². The zero-order valence-corrected chi connectivity index (χ0v) is 15.2. The van der Waals surface area contributed by atoms with Crippen LogP contribution in [0.4, 0.5) is 0 Å². The van der Waals surface area contributed by atoms with Crippen LogP contribution in [-0.2, 0) is 9.53 Å². The third-order valence-electron chi connectivity index (χ3n) is 3.43. The number of halogens is 1. The summed E-state index contributed by atoms with van der Waals surface area (Å²) in [6.45, 7) is 1.76. The van der Waals surface area contributed by atoms with Crippen molar-refractivity contribution >= 4 is 29.3 Å². The summed E-state index contributed by atoms with van der Waals surface area (Å²) in [5.74, 6) is 0.295. The van der Waals surface area contributed by atoms with E-state index in [2.05, 4.69) is 15.2 Å². The molecule has 0 saturated carbocycles. The smallest absolute Gasteiger partial charge is 0.318 e. The van der Waals surface area contributed by atoms with Crippen molar-refractivity contribution in [3.05, 3.63) is 53.8 Å². The lowest BCUT2D eigenvalue weighted by atomic mass is 10.2. The molecule has 2 aromatic heterocycles. The Hall–Kier alpha value is -2.38. The molecule has 1 atom stereocenters. The van der Waals surface area contributed by atoms with Crippen LogP contribution in [-0.4, -0.2) is 38.1 Å². The fourth-order valence-electron chi connectivity index (χ4n) is 2.25. The number of esters is 1. The summed E-state index contributed by atoms with van der Waals surface area (Å²) in [5, 5.41) is 9.28. The summed E-state index contributed by atoms with van der Waals surface area (Å²) in [5.41, 5.74) is 1.61. The highest BCUT2D eigenvalue weighted by molar-refractivity contribution is 8.00. The van der Waals surface area contributed by atoms with E-state index in [1.54, 1.807) is 25.4 Å². The van der Waals surface area contributed by atoms with Crippen molar-refractivity contribution in [3.63, 3.8) is 0 Å². The second kappa shape index (κ2) is 7.67. The Labute approximate surface area is 154 Å². The Morgan fingerprint density at radius 2 is 2.12 bits per heavy atom. The van der Waals surface area contributed by atoms with Gasteiger partial charge in [-0.25, -0.2) is 0 Å².